The molecule has 1 heterocycles. The smallest absolute Gasteiger partial charge is 0.220 e. The molecule has 0 radical (unpaired) electrons. The molecule has 1 saturated heterocycles. The van der Waals surface area contributed by atoms with Crippen LogP contribution in [0.4, 0.5) is 0 Å². The van der Waals surface area contributed by atoms with E-state index < -0.39 is 49.5 Å². The molecule has 350 valence electrons. The molecule has 0 spiro atoms. The second kappa shape index (κ2) is 41.4. The van der Waals surface area contributed by atoms with Gasteiger partial charge in [0, 0.05) is 6.42 Å². The van der Waals surface area contributed by atoms with Gasteiger partial charge in [0.15, 0.2) is 6.29 Å². The van der Waals surface area contributed by atoms with Gasteiger partial charge in [0.05, 0.1) is 25.4 Å². The van der Waals surface area contributed by atoms with Crippen LogP contribution in [0.3, 0.4) is 0 Å². The molecule has 6 N–H and O–H groups in total. The van der Waals surface area contributed by atoms with Gasteiger partial charge in [-0.25, -0.2) is 0 Å². The Morgan fingerprint density at radius 2 is 1.02 bits per heavy atom. The van der Waals surface area contributed by atoms with Crippen LogP contribution in [0.25, 0.3) is 0 Å². The Morgan fingerprint density at radius 3 is 1.51 bits per heavy atom. The van der Waals surface area contributed by atoms with Crippen LogP contribution in [-0.4, -0.2) is 87.5 Å². The topological polar surface area (TPSA) is 149 Å². The number of aliphatic hydroxyl groups is 5. The lowest BCUT2D eigenvalue weighted by Crippen LogP contribution is -2.60. The van der Waals surface area contributed by atoms with E-state index >= 15 is 0 Å². The lowest BCUT2D eigenvalue weighted by Gasteiger charge is -2.40. The Bertz CT molecular complexity index is 1220. The second-order valence-corrected chi connectivity index (χ2v) is 16.5. The summed E-state index contributed by atoms with van der Waals surface area (Å²) in [5, 5.41) is 54.1. The number of aliphatic hydroxyl groups excluding tert-OH is 5. The number of unbranched alkanes of at least 4 members (excludes halogenated alkanes) is 17. The van der Waals surface area contributed by atoms with E-state index in [4.69, 9.17) is 9.47 Å². The number of allylic oxidation sites excluding steroid dienone is 13. The average Bonchev–Trinajstić information content (AvgIpc) is 3.26. The molecule has 1 aliphatic rings. The Morgan fingerprint density at radius 1 is 0.574 bits per heavy atom. The van der Waals surface area contributed by atoms with Crippen molar-refractivity contribution in [1.82, 2.24) is 5.32 Å². The van der Waals surface area contributed by atoms with Gasteiger partial charge in [-0.1, -0.05) is 189 Å². The number of amides is 1. The predicted octanol–water partition coefficient (Wildman–Crippen LogP) is 10.7. The van der Waals surface area contributed by atoms with Crippen LogP contribution in [0, 0.1) is 0 Å². The maximum Gasteiger partial charge on any atom is 0.220 e. The highest BCUT2D eigenvalue weighted by Crippen LogP contribution is 2.22. The third-order valence-corrected chi connectivity index (χ3v) is 11.0. The summed E-state index contributed by atoms with van der Waals surface area (Å²) < 4.78 is 11.2. The minimum Gasteiger partial charge on any atom is -0.394 e. The monoisotopic (exact) mass is 856 g/mol. The fraction of sp³-hybridized carbons (Fsp3) is 0.712. The predicted molar refractivity (Wildman–Crippen MR) is 253 cm³/mol. The van der Waals surface area contributed by atoms with Gasteiger partial charge in [-0.15, -0.1) is 0 Å². The maximum absolute atomic E-state index is 12.9. The summed E-state index contributed by atoms with van der Waals surface area (Å²) in [5.74, 6) is -0.189. The number of carbonyl (C=O) groups is 1. The van der Waals surface area contributed by atoms with Gasteiger partial charge in [-0.05, 0) is 70.6 Å². The van der Waals surface area contributed by atoms with Crippen LogP contribution in [-0.2, 0) is 14.3 Å². The molecule has 0 saturated carbocycles. The lowest BCUT2D eigenvalue weighted by atomic mass is 9.99. The van der Waals surface area contributed by atoms with Gasteiger partial charge in [0.25, 0.3) is 0 Å². The zero-order valence-electron chi connectivity index (χ0n) is 38.4. The molecule has 0 bridgehead atoms. The van der Waals surface area contributed by atoms with Crippen molar-refractivity contribution < 1.29 is 39.8 Å². The third kappa shape index (κ3) is 31.8. The first kappa shape index (κ1) is 56.4. The van der Waals surface area contributed by atoms with Crippen molar-refractivity contribution in [3.05, 3.63) is 85.1 Å². The van der Waals surface area contributed by atoms with Crippen molar-refractivity contribution >= 4 is 5.91 Å². The first-order valence-corrected chi connectivity index (χ1v) is 24.3. The summed E-state index contributed by atoms with van der Waals surface area (Å²) >= 11 is 0. The van der Waals surface area contributed by atoms with Crippen LogP contribution in [0.5, 0.6) is 0 Å². The van der Waals surface area contributed by atoms with Gasteiger partial charge in [0.2, 0.25) is 5.91 Å². The van der Waals surface area contributed by atoms with Gasteiger partial charge >= 0.3 is 0 Å². The number of nitrogens with one attached hydrogen (secondary N) is 1. The molecule has 0 aromatic carbocycles. The molecule has 9 nitrogen and oxygen atoms in total. The Labute approximate surface area is 371 Å². The molecule has 0 aliphatic carbocycles. The summed E-state index contributed by atoms with van der Waals surface area (Å²) in [6.07, 6.45) is 50.7. The number of ether oxygens (including phenoxy) is 2. The molecule has 1 rings (SSSR count). The van der Waals surface area contributed by atoms with E-state index in [2.05, 4.69) is 92.1 Å². The largest absolute Gasteiger partial charge is 0.394 e. The zero-order chi connectivity index (χ0) is 44.4. The van der Waals surface area contributed by atoms with Gasteiger partial charge in [-0.3, -0.25) is 4.79 Å². The molecular weight excluding hydrogens is 767 g/mol. The van der Waals surface area contributed by atoms with Crippen molar-refractivity contribution in [2.24, 2.45) is 0 Å². The minimum absolute atomic E-state index is 0.189. The Hall–Kier alpha value is -2.63. The highest BCUT2D eigenvalue weighted by atomic mass is 16.7. The molecule has 61 heavy (non-hydrogen) atoms. The molecule has 1 amide bonds. The van der Waals surface area contributed by atoms with Crippen molar-refractivity contribution in [2.75, 3.05) is 13.2 Å². The summed E-state index contributed by atoms with van der Waals surface area (Å²) in [6, 6.07) is -0.809. The fourth-order valence-corrected chi connectivity index (χ4v) is 7.10. The number of rotatable bonds is 39. The molecule has 7 unspecified atom stereocenters. The highest BCUT2D eigenvalue weighted by Gasteiger charge is 2.44. The van der Waals surface area contributed by atoms with Gasteiger partial charge < -0.3 is 40.3 Å². The van der Waals surface area contributed by atoms with Gasteiger partial charge in [-0.2, -0.15) is 0 Å². The lowest BCUT2D eigenvalue weighted by molar-refractivity contribution is -0.302. The Balaban J connectivity index is 2.20. The molecule has 0 aromatic heterocycles. The molecule has 1 fully saturated rings. The fourth-order valence-electron chi connectivity index (χ4n) is 7.10. The van der Waals surface area contributed by atoms with E-state index in [-0.39, 0.29) is 12.5 Å². The molecular formula is C52H89NO8. The highest BCUT2D eigenvalue weighted by molar-refractivity contribution is 5.76. The van der Waals surface area contributed by atoms with Crippen molar-refractivity contribution in [2.45, 2.75) is 224 Å². The number of hydrogen-bond acceptors (Lipinski definition) is 8. The maximum atomic E-state index is 12.9. The standard InChI is InChI=1S/C52H89NO8/c1-3-5-7-9-11-13-14-15-16-17-18-19-20-21-22-23-24-25-26-27-28-29-30-31-32-34-36-38-40-42-48(56)53-45(46(55)41-39-37-35-33-12-10-8-6-4-2)44-60-52-51(59)50(58)49(57)47(43-54)61-52/h5,7,11,13,15-16,18-19,21-22,24-25,39,41,45-47,49-52,54-55,57-59H,3-4,6,8-10,12,14,17,20,23,26-38,40,42-44H2,1-2H3,(H,53,56)/b7-5-,13-11-,16-15-,19-18-,22-21-,25-24-,41-39+. The first-order chi connectivity index (χ1) is 29.8. The minimum atomic E-state index is -1.57. The zero-order valence-corrected chi connectivity index (χ0v) is 38.4. The third-order valence-electron chi connectivity index (χ3n) is 11.0. The van der Waals surface area contributed by atoms with Crippen LogP contribution in [0.1, 0.15) is 181 Å². The Kier molecular flexibility index (Phi) is 38.3. The van der Waals surface area contributed by atoms with E-state index in [1.165, 1.54) is 70.6 Å². The van der Waals surface area contributed by atoms with Crippen LogP contribution >= 0.6 is 0 Å². The number of carbonyl (C=O) groups excluding carboxylic acids is 1. The van der Waals surface area contributed by atoms with E-state index in [1.807, 2.05) is 6.08 Å². The normalized spacial score (nSPS) is 21.2. The SMILES string of the molecule is CC/C=C\C/C=C\C/C=C\C/C=C\C/C=C\C/C=C\CCCCCCCCCCCCC(=O)NC(COC1OC(CO)C(O)C(O)C1O)C(O)/C=C/CCCCCCCCC. The summed E-state index contributed by atoms with van der Waals surface area (Å²) in [4.78, 5) is 12.9. The van der Waals surface area contributed by atoms with E-state index in [9.17, 15) is 30.3 Å². The first-order valence-electron chi connectivity index (χ1n) is 24.3. The van der Waals surface area contributed by atoms with E-state index in [0.717, 1.165) is 89.9 Å². The summed E-state index contributed by atoms with van der Waals surface area (Å²) in [5.41, 5.74) is 0. The van der Waals surface area contributed by atoms with Crippen LogP contribution < -0.4 is 5.32 Å². The number of hydrogen-bond donors (Lipinski definition) is 6. The molecule has 1 aliphatic heterocycles. The summed E-state index contributed by atoms with van der Waals surface area (Å²) in [7, 11) is 0. The molecule has 0 aromatic rings. The van der Waals surface area contributed by atoms with Gasteiger partial charge in [0.1, 0.15) is 24.4 Å². The van der Waals surface area contributed by atoms with E-state index in [0.29, 0.717) is 6.42 Å². The van der Waals surface area contributed by atoms with Crippen molar-refractivity contribution in [1.29, 1.82) is 0 Å². The van der Waals surface area contributed by atoms with Crippen molar-refractivity contribution in [3.63, 3.8) is 0 Å². The van der Waals surface area contributed by atoms with Crippen LogP contribution in [0.2, 0.25) is 0 Å². The van der Waals surface area contributed by atoms with Crippen LogP contribution in [0.15, 0.2) is 85.1 Å². The summed E-state index contributed by atoms with van der Waals surface area (Å²) in [6.45, 7) is 3.60. The van der Waals surface area contributed by atoms with E-state index in [1.54, 1.807) is 6.08 Å². The molecule has 9 heteroatoms. The quantitative estimate of drug-likeness (QED) is 0.0264. The molecule has 7 atom stereocenters. The second-order valence-electron chi connectivity index (χ2n) is 16.5. The van der Waals surface area contributed by atoms with Crippen molar-refractivity contribution in [3.8, 4) is 0 Å². The average molecular weight is 856 g/mol.